The Labute approximate surface area is 207 Å². The van der Waals surface area contributed by atoms with Crippen LogP contribution in [0, 0.1) is 0 Å². The van der Waals surface area contributed by atoms with Crippen LogP contribution in [0.4, 0.5) is 11.4 Å². The van der Waals surface area contributed by atoms with Crippen molar-refractivity contribution in [2.45, 2.75) is 19.4 Å². The zero-order chi connectivity index (χ0) is 23.5. The summed E-state index contributed by atoms with van der Waals surface area (Å²) >= 11 is 24.4. The molecule has 0 aromatic heterocycles. The molecule has 2 aromatic carbocycles. The number of allylic oxidation sites excluding steroid dienone is 4. The number of fused-ring (bicyclic) bond motifs is 1. The number of halogens is 4. The van der Waals surface area contributed by atoms with Crippen molar-refractivity contribution in [3.63, 3.8) is 0 Å². The average Bonchev–Trinajstić information content (AvgIpc) is 2.69. The highest BCUT2D eigenvalue weighted by molar-refractivity contribution is 7.96. The van der Waals surface area contributed by atoms with Crippen LogP contribution in [-0.4, -0.2) is 20.7 Å². The molecule has 0 amide bonds. The van der Waals surface area contributed by atoms with Gasteiger partial charge in [-0.25, -0.2) is 8.42 Å². The van der Waals surface area contributed by atoms with E-state index in [4.69, 9.17) is 51.1 Å². The van der Waals surface area contributed by atoms with Crippen LogP contribution in [0.2, 0.25) is 10.0 Å². The fourth-order valence-electron chi connectivity index (χ4n) is 2.92. The average molecular weight is 532 g/mol. The second kappa shape index (κ2) is 10.3. The lowest BCUT2D eigenvalue weighted by Crippen LogP contribution is -2.24. The number of para-hydroxylation sites is 1. The molecule has 1 aliphatic heterocycles. The smallest absolute Gasteiger partial charge is 0.263 e. The van der Waals surface area contributed by atoms with Gasteiger partial charge in [-0.2, -0.15) is 0 Å². The van der Waals surface area contributed by atoms with Gasteiger partial charge >= 0.3 is 0 Å². The number of aliphatic imine (C=N–C) groups is 1. The van der Waals surface area contributed by atoms with E-state index in [2.05, 4.69) is 16.3 Å². The Morgan fingerprint density at radius 2 is 1.84 bits per heavy atom. The summed E-state index contributed by atoms with van der Waals surface area (Å²) in [4.78, 5) is 4.15. The molecule has 0 radical (unpaired) electrons. The van der Waals surface area contributed by atoms with Crippen LogP contribution >= 0.6 is 46.4 Å². The van der Waals surface area contributed by atoms with Crippen LogP contribution in [0.3, 0.4) is 0 Å². The SMILES string of the molecule is C=C(Cl)/C(=C\C=C(/C)Cl)S(=O)(=O)Nc1cc(Cl)c(OC2C=Nc3ccccc3C2)c(Cl)c1. The first-order chi connectivity index (χ1) is 15.1. The molecule has 10 heteroatoms. The molecular formula is C22H18Cl4N2O3S. The van der Waals surface area contributed by atoms with Crippen LogP contribution < -0.4 is 9.46 Å². The molecule has 0 aliphatic carbocycles. The van der Waals surface area contributed by atoms with Crippen molar-refractivity contribution in [1.29, 1.82) is 0 Å². The fraction of sp³-hybridized carbons (Fsp3) is 0.136. The van der Waals surface area contributed by atoms with E-state index in [9.17, 15) is 8.42 Å². The number of ether oxygens (including phenoxy) is 1. The molecule has 2 aromatic rings. The second-order valence-corrected chi connectivity index (χ2v) is 10.3. The topological polar surface area (TPSA) is 67.8 Å². The Morgan fingerprint density at radius 1 is 1.19 bits per heavy atom. The normalized spacial score (nSPS) is 16.5. The van der Waals surface area contributed by atoms with Gasteiger partial charge in [0.15, 0.2) is 5.75 Å². The summed E-state index contributed by atoms with van der Waals surface area (Å²) in [5.41, 5.74) is 2.06. The highest BCUT2D eigenvalue weighted by Gasteiger charge is 2.23. The molecule has 1 N–H and O–H groups in total. The van der Waals surface area contributed by atoms with Gasteiger partial charge in [0.2, 0.25) is 0 Å². The first kappa shape index (κ1) is 24.7. The van der Waals surface area contributed by atoms with Gasteiger partial charge in [0.05, 0.1) is 26.5 Å². The second-order valence-electron chi connectivity index (χ2n) is 6.83. The monoisotopic (exact) mass is 530 g/mol. The van der Waals surface area contributed by atoms with Gasteiger partial charge in [0, 0.05) is 17.7 Å². The van der Waals surface area contributed by atoms with Crippen molar-refractivity contribution in [3.05, 3.63) is 85.7 Å². The summed E-state index contributed by atoms with van der Waals surface area (Å²) in [5.74, 6) is 0.227. The van der Waals surface area contributed by atoms with Gasteiger partial charge in [0.1, 0.15) is 11.0 Å². The van der Waals surface area contributed by atoms with Gasteiger partial charge in [-0.1, -0.05) is 71.2 Å². The third kappa shape index (κ3) is 6.09. The molecule has 0 saturated carbocycles. The van der Waals surface area contributed by atoms with Gasteiger partial charge in [-0.3, -0.25) is 9.71 Å². The third-order valence-electron chi connectivity index (χ3n) is 4.33. The molecule has 1 atom stereocenters. The van der Waals surface area contributed by atoms with E-state index in [0.717, 1.165) is 11.3 Å². The van der Waals surface area contributed by atoms with Crippen LogP contribution in [0.15, 0.2) is 75.1 Å². The maximum atomic E-state index is 12.8. The first-order valence-corrected chi connectivity index (χ1v) is 12.3. The van der Waals surface area contributed by atoms with Crippen molar-refractivity contribution in [2.24, 2.45) is 4.99 Å². The molecule has 0 bridgehead atoms. The minimum Gasteiger partial charge on any atom is -0.481 e. The summed E-state index contributed by atoms with van der Waals surface area (Å²) in [6.07, 6.45) is 4.55. The van der Waals surface area contributed by atoms with Gasteiger partial charge < -0.3 is 4.74 Å². The molecule has 0 saturated heterocycles. The molecule has 0 fully saturated rings. The number of hydrogen-bond donors (Lipinski definition) is 1. The quantitative estimate of drug-likeness (QED) is 0.383. The van der Waals surface area contributed by atoms with Crippen LogP contribution in [0.25, 0.3) is 0 Å². The summed E-state index contributed by atoms with van der Waals surface area (Å²) < 4.78 is 33.9. The van der Waals surface area contributed by atoms with Gasteiger partial charge in [0.25, 0.3) is 10.0 Å². The fourth-order valence-corrected chi connectivity index (χ4v) is 5.01. The van der Waals surface area contributed by atoms with Gasteiger partial charge in [-0.15, -0.1) is 0 Å². The number of hydrogen-bond acceptors (Lipinski definition) is 4. The van der Waals surface area contributed by atoms with Crippen molar-refractivity contribution in [2.75, 3.05) is 4.72 Å². The van der Waals surface area contributed by atoms with E-state index in [-0.39, 0.29) is 37.5 Å². The lowest BCUT2D eigenvalue weighted by atomic mass is 10.0. The van der Waals surface area contributed by atoms with E-state index in [1.165, 1.54) is 24.3 Å². The largest absolute Gasteiger partial charge is 0.481 e. The zero-order valence-corrected chi connectivity index (χ0v) is 20.6. The number of rotatable bonds is 7. The number of benzene rings is 2. The molecular weight excluding hydrogens is 514 g/mol. The lowest BCUT2D eigenvalue weighted by molar-refractivity contribution is 0.271. The van der Waals surface area contributed by atoms with Crippen LogP contribution in [0.5, 0.6) is 5.75 Å². The summed E-state index contributed by atoms with van der Waals surface area (Å²) in [7, 11) is -4.08. The van der Waals surface area contributed by atoms with Gasteiger partial charge in [-0.05, 0) is 42.8 Å². The van der Waals surface area contributed by atoms with E-state index >= 15 is 0 Å². The Balaban J connectivity index is 1.82. The molecule has 3 rings (SSSR count). The Morgan fingerprint density at radius 3 is 2.47 bits per heavy atom. The maximum Gasteiger partial charge on any atom is 0.263 e. The standard InChI is InChI=1S/C22H18Cl4N2O3S/c1-13(23)7-8-21(14(2)24)32(29,30)28-16-10-18(25)22(19(26)11-16)31-17-9-15-5-3-4-6-20(15)27-12-17/h3-8,10-12,17,28H,2,9H2,1H3/b13-7+,21-8+. The van der Waals surface area contributed by atoms with E-state index in [1.807, 2.05) is 24.3 Å². The molecule has 1 unspecified atom stereocenters. The Kier molecular flexibility index (Phi) is 7.96. The van der Waals surface area contributed by atoms with Crippen molar-refractivity contribution in [1.82, 2.24) is 0 Å². The lowest BCUT2D eigenvalue weighted by Gasteiger charge is -2.21. The van der Waals surface area contributed by atoms with Crippen molar-refractivity contribution >= 4 is 74.0 Å². The zero-order valence-electron chi connectivity index (χ0n) is 16.8. The molecule has 32 heavy (non-hydrogen) atoms. The first-order valence-electron chi connectivity index (χ1n) is 9.26. The molecule has 1 aliphatic rings. The third-order valence-corrected chi connectivity index (χ3v) is 6.80. The highest BCUT2D eigenvalue weighted by Crippen LogP contribution is 2.38. The molecule has 1 heterocycles. The number of sulfonamides is 1. The number of anilines is 1. The van der Waals surface area contributed by atoms with Crippen LogP contribution in [0.1, 0.15) is 12.5 Å². The number of nitrogens with zero attached hydrogens (tertiary/aromatic N) is 1. The Bertz CT molecular complexity index is 1230. The summed E-state index contributed by atoms with van der Waals surface area (Å²) in [6, 6.07) is 10.5. The summed E-state index contributed by atoms with van der Waals surface area (Å²) in [5, 5.41) is 0.459. The van der Waals surface area contributed by atoms with E-state index in [0.29, 0.717) is 11.5 Å². The Hall–Kier alpha value is -1.96. The van der Waals surface area contributed by atoms with Crippen molar-refractivity contribution in [3.8, 4) is 5.75 Å². The summed E-state index contributed by atoms with van der Waals surface area (Å²) in [6.45, 7) is 5.09. The molecule has 168 valence electrons. The molecule has 0 spiro atoms. The predicted octanol–water partition coefficient (Wildman–Crippen LogP) is 7.22. The molecule has 5 nitrogen and oxygen atoms in total. The predicted molar refractivity (Wildman–Crippen MR) is 134 cm³/mol. The van der Waals surface area contributed by atoms with E-state index in [1.54, 1.807) is 13.1 Å². The van der Waals surface area contributed by atoms with Crippen molar-refractivity contribution < 1.29 is 13.2 Å². The maximum absolute atomic E-state index is 12.8. The minimum atomic E-state index is -4.08. The number of nitrogens with one attached hydrogen (secondary N) is 1. The van der Waals surface area contributed by atoms with Crippen LogP contribution in [-0.2, 0) is 16.4 Å². The minimum absolute atomic E-state index is 0.130. The van der Waals surface area contributed by atoms with E-state index < -0.39 is 10.0 Å². The highest BCUT2D eigenvalue weighted by atomic mass is 35.5.